The summed E-state index contributed by atoms with van der Waals surface area (Å²) >= 11 is 0. The second kappa shape index (κ2) is 9.81. The number of amides is 1. The van der Waals surface area contributed by atoms with Crippen LogP contribution < -0.4 is 10.1 Å². The van der Waals surface area contributed by atoms with Crippen LogP contribution in [0.4, 0.5) is 0 Å². The lowest BCUT2D eigenvalue weighted by Crippen LogP contribution is -2.27. The minimum Gasteiger partial charge on any atom is -0.494 e. The molecule has 1 aliphatic heterocycles. The van der Waals surface area contributed by atoms with E-state index < -0.39 is 0 Å². The molecule has 3 rings (SSSR count). The Morgan fingerprint density at radius 1 is 1.00 bits per heavy atom. The lowest BCUT2D eigenvalue weighted by Gasteiger charge is -2.15. The first-order valence-electron chi connectivity index (χ1n) is 10.1. The van der Waals surface area contributed by atoms with Gasteiger partial charge in [0, 0.05) is 24.7 Å². The van der Waals surface area contributed by atoms with Crippen LogP contribution in [0, 0.1) is 0 Å². The molecule has 0 radical (unpaired) electrons. The second-order valence-corrected chi connectivity index (χ2v) is 7.37. The third kappa shape index (κ3) is 5.74. The average molecular weight is 344 g/mol. The van der Waals surface area contributed by atoms with Crippen molar-refractivity contribution in [2.75, 3.05) is 26.2 Å². The van der Waals surface area contributed by atoms with Gasteiger partial charge in [-0.25, -0.2) is 0 Å². The van der Waals surface area contributed by atoms with Crippen LogP contribution in [0.15, 0.2) is 24.3 Å². The number of hydrogen-bond acceptors (Lipinski definition) is 3. The molecule has 1 N–H and O–H groups in total. The van der Waals surface area contributed by atoms with Gasteiger partial charge in [-0.05, 0) is 75.8 Å². The third-order valence-corrected chi connectivity index (χ3v) is 5.37. The predicted molar refractivity (Wildman–Crippen MR) is 101 cm³/mol. The molecule has 2 fully saturated rings. The van der Waals surface area contributed by atoms with Crippen molar-refractivity contribution in [1.29, 1.82) is 0 Å². The number of rotatable bonds is 9. The number of unbranched alkanes of at least 4 members (excludes halogenated alkanes) is 2. The van der Waals surface area contributed by atoms with E-state index in [1.165, 1.54) is 38.5 Å². The highest BCUT2D eigenvalue weighted by Gasteiger charge is 2.19. The molecule has 1 heterocycles. The molecule has 1 saturated carbocycles. The van der Waals surface area contributed by atoms with Gasteiger partial charge in [-0.1, -0.05) is 12.8 Å². The first kappa shape index (κ1) is 18.2. The van der Waals surface area contributed by atoms with E-state index in [0.717, 1.165) is 62.9 Å². The second-order valence-electron chi connectivity index (χ2n) is 7.37. The summed E-state index contributed by atoms with van der Waals surface area (Å²) in [6.07, 6.45) is 11.3. The molecule has 0 atom stereocenters. The molecular weight excluding hydrogens is 312 g/mol. The monoisotopic (exact) mass is 344 g/mol. The normalized spacial score (nSPS) is 18.0. The lowest BCUT2D eigenvalue weighted by atomic mass is 10.2. The molecule has 0 unspecified atom stereocenters. The van der Waals surface area contributed by atoms with Crippen molar-refractivity contribution >= 4 is 5.91 Å². The maximum Gasteiger partial charge on any atom is 0.253 e. The number of carbonyl (C=O) groups excluding carboxylic acids is 1. The quantitative estimate of drug-likeness (QED) is 0.688. The number of nitrogens with one attached hydrogen (secondary N) is 1. The summed E-state index contributed by atoms with van der Waals surface area (Å²) in [6, 6.07) is 8.40. The standard InChI is InChI=1S/C21H32N2O2/c24-21(23-15-5-6-16-23)18-10-12-20(13-11-18)25-17-7-1-4-14-22-19-8-2-3-9-19/h10-13,19,22H,1-9,14-17H2. The van der Waals surface area contributed by atoms with E-state index >= 15 is 0 Å². The highest BCUT2D eigenvalue weighted by Crippen LogP contribution is 2.18. The van der Waals surface area contributed by atoms with E-state index in [1.807, 2.05) is 29.2 Å². The molecule has 4 heteroatoms. The molecule has 1 saturated heterocycles. The van der Waals surface area contributed by atoms with Gasteiger partial charge in [0.25, 0.3) is 5.91 Å². The topological polar surface area (TPSA) is 41.6 Å². The molecule has 1 aliphatic carbocycles. The summed E-state index contributed by atoms with van der Waals surface area (Å²) in [6.45, 7) is 3.68. The van der Waals surface area contributed by atoms with Gasteiger partial charge in [-0.15, -0.1) is 0 Å². The van der Waals surface area contributed by atoms with E-state index in [2.05, 4.69) is 5.32 Å². The minimum absolute atomic E-state index is 0.152. The van der Waals surface area contributed by atoms with E-state index in [9.17, 15) is 4.79 Å². The Bertz CT molecular complexity index is 517. The summed E-state index contributed by atoms with van der Waals surface area (Å²) in [5.74, 6) is 1.01. The summed E-state index contributed by atoms with van der Waals surface area (Å²) in [5.41, 5.74) is 0.771. The van der Waals surface area contributed by atoms with E-state index in [1.54, 1.807) is 0 Å². The molecule has 25 heavy (non-hydrogen) atoms. The van der Waals surface area contributed by atoms with Gasteiger partial charge in [0.15, 0.2) is 0 Å². The Labute approximate surface area is 151 Å². The summed E-state index contributed by atoms with van der Waals surface area (Å²) in [7, 11) is 0. The van der Waals surface area contributed by atoms with Crippen molar-refractivity contribution < 1.29 is 9.53 Å². The van der Waals surface area contributed by atoms with Crippen LogP contribution in [-0.4, -0.2) is 43.1 Å². The van der Waals surface area contributed by atoms with E-state index in [0.29, 0.717) is 0 Å². The fourth-order valence-electron chi connectivity index (χ4n) is 3.83. The lowest BCUT2D eigenvalue weighted by molar-refractivity contribution is 0.0793. The van der Waals surface area contributed by atoms with Gasteiger partial charge < -0.3 is 15.0 Å². The molecule has 4 nitrogen and oxygen atoms in total. The van der Waals surface area contributed by atoms with Crippen molar-refractivity contribution in [2.24, 2.45) is 0 Å². The van der Waals surface area contributed by atoms with Crippen LogP contribution in [0.5, 0.6) is 5.75 Å². The number of benzene rings is 1. The van der Waals surface area contributed by atoms with Gasteiger partial charge in [0.1, 0.15) is 5.75 Å². The summed E-state index contributed by atoms with van der Waals surface area (Å²) in [5, 5.41) is 3.65. The Morgan fingerprint density at radius 2 is 1.72 bits per heavy atom. The maximum atomic E-state index is 12.3. The zero-order valence-electron chi connectivity index (χ0n) is 15.3. The number of hydrogen-bond donors (Lipinski definition) is 1. The minimum atomic E-state index is 0.152. The van der Waals surface area contributed by atoms with Gasteiger partial charge in [0.2, 0.25) is 0 Å². The average Bonchev–Trinajstić information content (AvgIpc) is 3.35. The largest absolute Gasteiger partial charge is 0.494 e. The molecule has 0 bridgehead atoms. The smallest absolute Gasteiger partial charge is 0.253 e. The molecule has 138 valence electrons. The van der Waals surface area contributed by atoms with Gasteiger partial charge in [-0.2, -0.15) is 0 Å². The van der Waals surface area contributed by atoms with Crippen LogP contribution in [0.25, 0.3) is 0 Å². The molecular formula is C21H32N2O2. The van der Waals surface area contributed by atoms with Gasteiger partial charge in [-0.3, -0.25) is 4.79 Å². The molecule has 0 aromatic heterocycles. The molecule has 1 aromatic rings. The summed E-state index contributed by atoms with van der Waals surface area (Å²) in [4.78, 5) is 14.2. The van der Waals surface area contributed by atoms with Gasteiger partial charge >= 0.3 is 0 Å². The Hall–Kier alpha value is -1.55. The molecule has 0 spiro atoms. The molecule has 1 aromatic carbocycles. The highest BCUT2D eigenvalue weighted by molar-refractivity contribution is 5.94. The Balaban J connectivity index is 1.27. The fraction of sp³-hybridized carbons (Fsp3) is 0.667. The van der Waals surface area contributed by atoms with Crippen LogP contribution in [0.2, 0.25) is 0 Å². The fourth-order valence-corrected chi connectivity index (χ4v) is 3.83. The number of carbonyl (C=O) groups is 1. The highest BCUT2D eigenvalue weighted by atomic mass is 16.5. The first-order valence-corrected chi connectivity index (χ1v) is 10.1. The van der Waals surface area contributed by atoms with Crippen molar-refractivity contribution in [1.82, 2.24) is 10.2 Å². The van der Waals surface area contributed by atoms with Crippen LogP contribution in [-0.2, 0) is 0 Å². The third-order valence-electron chi connectivity index (χ3n) is 5.37. The SMILES string of the molecule is O=C(c1ccc(OCCCCCNC2CCCC2)cc1)N1CCCC1. The number of likely N-dealkylation sites (tertiary alicyclic amines) is 1. The van der Waals surface area contributed by atoms with Crippen molar-refractivity contribution in [3.8, 4) is 5.75 Å². The van der Waals surface area contributed by atoms with Crippen LogP contribution in [0.3, 0.4) is 0 Å². The summed E-state index contributed by atoms with van der Waals surface area (Å²) < 4.78 is 5.80. The Morgan fingerprint density at radius 3 is 2.44 bits per heavy atom. The number of nitrogens with zero attached hydrogens (tertiary/aromatic N) is 1. The zero-order chi connectivity index (χ0) is 17.3. The van der Waals surface area contributed by atoms with Crippen LogP contribution in [0.1, 0.15) is 68.1 Å². The van der Waals surface area contributed by atoms with E-state index in [4.69, 9.17) is 4.74 Å². The molecule has 1 amide bonds. The van der Waals surface area contributed by atoms with E-state index in [-0.39, 0.29) is 5.91 Å². The first-order chi connectivity index (χ1) is 12.3. The zero-order valence-corrected chi connectivity index (χ0v) is 15.3. The van der Waals surface area contributed by atoms with Crippen LogP contribution >= 0.6 is 0 Å². The van der Waals surface area contributed by atoms with Crippen molar-refractivity contribution in [3.63, 3.8) is 0 Å². The maximum absolute atomic E-state index is 12.3. The van der Waals surface area contributed by atoms with Crippen molar-refractivity contribution in [2.45, 2.75) is 63.8 Å². The van der Waals surface area contributed by atoms with Crippen molar-refractivity contribution in [3.05, 3.63) is 29.8 Å². The predicted octanol–water partition coefficient (Wildman–Crippen LogP) is 4.00. The van der Waals surface area contributed by atoms with Gasteiger partial charge in [0.05, 0.1) is 6.61 Å². The molecule has 2 aliphatic rings. The number of ether oxygens (including phenoxy) is 1. The Kier molecular flexibility index (Phi) is 7.16.